The quantitative estimate of drug-likeness (QED) is 0.616. The van der Waals surface area contributed by atoms with E-state index in [4.69, 9.17) is 10.5 Å². The van der Waals surface area contributed by atoms with Crippen LogP contribution in [0.25, 0.3) is 0 Å². The number of anilines is 2. The normalized spacial score (nSPS) is 19.3. The van der Waals surface area contributed by atoms with Gasteiger partial charge in [-0.15, -0.1) is 0 Å². The van der Waals surface area contributed by atoms with Crippen LogP contribution in [0.1, 0.15) is 6.92 Å². The fraction of sp³-hybridized carbons (Fsp3) is 0.462. The molecule has 6 heteroatoms. The topological polar surface area (TPSA) is 67.6 Å². The van der Waals surface area contributed by atoms with E-state index in [1.807, 2.05) is 30.0 Å². The summed E-state index contributed by atoms with van der Waals surface area (Å²) in [5, 5.41) is 2.84. The highest BCUT2D eigenvalue weighted by molar-refractivity contribution is 14.1. The van der Waals surface area contributed by atoms with E-state index in [2.05, 4.69) is 27.9 Å². The summed E-state index contributed by atoms with van der Waals surface area (Å²) in [7, 11) is 0. The van der Waals surface area contributed by atoms with Gasteiger partial charge in [0.15, 0.2) is 0 Å². The molecule has 0 bridgehead atoms. The first-order chi connectivity index (χ1) is 9.13. The minimum Gasteiger partial charge on any atom is -0.397 e. The lowest BCUT2D eigenvalue weighted by atomic mass is 10.1. The molecule has 1 aromatic carbocycles. The van der Waals surface area contributed by atoms with Crippen molar-refractivity contribution in [3.8, 4) is 0 Å². The molecule has 0 spiro atoms. The fourth-order valence-corrected chi connectivity index (χ4v) is 2.70. The van der Waals surface area contributed by atoms with Crippen molar-refractivity contribution >= 4 is 39.9 Å². The second kappa shape index (κ2) is 6.42. The van der Waals surface area contributed by atoms with Gasteiger partial charge in [-0.1, -0.05) is 0 Å². The Hall–Kier alpha value is -1.02. The maximum Gasteiger partial charge on any atom is 0.245 e. The van der Waals surface area contributed by atoms with E-state index in [1.165, 1.54) is 0 Å². The van der Waals surface area contributed by atoms with Crippen molar-refractivity contribution in [2.45, 2.75) is 13.0 Å². The Bertz CT molecular complexity index is 467. The Morgan fingerprint density at radius 1 is 1.63 bits per heavy atom. The number of carbonyl (C=O) groups is 1. The van der Waals surface area contributed by atoms with Crippen molar-refractivity contribution in [3.63, 3.8) is 0 Å². The highest BCUT2D eigenvalue weighted by Crippen LogP contribution is 2.28. The predicted octanol–water partition coefficient (Wildman–Crippen LogP) is 1.21. The van der Waals surface area contributed by atoms with E-state index < -0.39 is 0 Å². The van der Waals surface area contributed by atoms with Crippen LogP contribution in [0.5, 0.6) is 0 Å². The average molecular weight is 375 g/mol. The molecule has 3 N–H and O–H groups in total. The maximum absolute atomic E-state index is 12.1. The number of nitrogens with zero attached hydrogens (tertiary/aromatic N) is 1. The number of likely N-dealkylation sites (N-methyl/N-ethyl adjacent to an activating group) is 1. The number of halogens is 1. The van der Waals surface area contributed by atoms with Gasteiger partial charge in [-0.25, -0.2) is 0 Å². The van der Waals surface area contributed by atoms with Gasteiger partial charge in [-0.05, 0) is 47.7 Å². The molecule has 1 fully saturated rings. The van der Waals surface area contributed by atoms with Crippen LogP contribution < -0.4 is 16.0 Å². The molecule has 19 heavy (non-hydrogen) atoms. The molecule has 5 nitrogen and oxygen atoms in total. The van der Waals surface area contributed by atoms with E-state index in [0.29, 0.717) is 32.0 Å². The third-order valence-electron chi connectivity index (χ3n) is 3.08. The van der Waals surface area contributed by atoms with Gasteiger partial charge in [0.05, 0.1) is 24.6 Å². The molecule has 1 aromatic rings. The van der Waals surface area contributed by atoms with Gasteiger partial charge in [0.2, 0.25) is 5.91 Å². The number of morpholine rings is 1. The summed E-state index contributed by atoms with van der Waals surface area (Å²) in [5.74, 6) is -0.0137. The number of hydrogen-bond acceptors (Lipinski definition) is 4. The largest absolute Gasteiger partial charge is 0.397 e. The van der Waals surface area contributed by atoms with Gasteiger partial charge in [0.1, 0.15) is 6.04 Å². The Balaban J connectivity index is 2.26. The SMILES string of the molecule is CCNC(=O)C1COCCN1c1ccc(I)cc1N. The molecule has 2 rings (SSSR count). The van der Waals surface area contributed by atoms with E-state index >= 15 is 0 Å². The third kappa shape index (κ3) is 3.30. The van der Waals surface area contributed by atoms with Crippen molar-refractivity contribution < 1.29 is 9.53 Å². The first-order valence-electron chi connectivity index (χ1n) is 6.30. The van der Waals surface area contributed by atoms with Gasteiger partial charge >= 0.3 is 0 Å². The molecule has 0 aromatic heterocycles. The molecule has 104 valence electrons. The monoisotopic (exact) mass is 375 g/mol. The summed E-state index contributed by atoms with van der Waals surface area (Å²) in [4.78, 5) is 14.1. The lowest BCUT2D eigenvalue weighted by Gasteiger charge is -2.36. The lowest BCUT2D eigenvalue weighted by molar-refractivity contribution is -0.124. The summed E-state index contributed by atoms with van der Waals surface area (Å²) in [5.41, 5.74) is 7.67. The number of hydrogen-bond donors (Lipinski definition) is 2. The molecular formula is C13H18IN3O2. The summed E-state index contributed by atoms with van der Waals surface area (Å²) >= 11 is 2.22. The number of nitrogens with one attached hydrogen (secondary N) is 1. The molecule has 1 aliphatic heterocycles. The molecule has 1 unspecified atom stereocenters. The molecule has 1 aliphatic rings. The first-order valence-corrected chi connectivity index (χ1v) is 7.38. The molecule has 1 saturated heterocycles. The van der Waals surface area contributed by atoms with Crippen molar-refractivity contribution in [2.75, 3.05) is 36.9 Å². The zero-order valence-electron chi connectivity index (χ0n) is 10.9. The van der Waals surface area contributed by atoms with E-state index in [1.54, 1.807) is 0 Å². The van der Waals surface area contributed by atoms with Gasteiger partial charge < -0.3 is 20.7 Å². The summed E-state index contributed by atoms with van der Waals surface area (Å²) in [6.45, 7) is 4.21. The van der Waals surface area contributed by atoms with Gasteiger partial charge in [0, 0.05) is 16.7 Å². The van der Waals surface area contributed by atoms with Crippen LogP contribution in [0.2, 0.25) is 0 Å². The number of nitrogen functional groups attached to an aromatic ring is 1. The zero-order valence-corrected chi connectivity index (χ0v) is 13.0. The van der Waals surface area contributed by atoms with Crippen LogP contribution in [0.3, 0.4) is 0 Å². The number of amides is 1. The Morgan fingerprint density at radius 2 is 2.42 bits per heavy atom. The zero-order chi connectivity index (χ0) is 13.8. The minimum absolute atomic E-state index is 0.0137. The fourth-order valence-electron chi connectivity index (χ4n) is 2.19. The number of benzene rings is 1. The van der Waals surface area contributed by atoms with Crippen LogP contribution >= 0.6 is 22.6 Å². The van der Waals surface area contributed by atoms with Crippen molar-refractivity contribution in [1.82, 2.24) is 5.32 Å². The second-order valence-electron chi connectivity index (χ2n) is 4.38. The van der Waals surface area contributed by atoms with Crippen LogP contribution in [0.15, 0.2) is 18.2 Å². The highest BCUT2D eigenvalue weighted by atomic mass is 127. The molecule has 1 atom stereocenters. The van der Waals surface area contributed by atoms with Gasteiger partial charge in [-0.3, -0.25) is 4.79 Å². The molecular weight excluding hydrogens is 357 g/mol. The predicted molar refractivity (Wildman–Crippen MR) is 84.2 cm³/mol. The summed E-state index contributed by atoms with van der Waals surface area (Å²) in [6, 6.07) is 5.57. The van der Waals surface area contributed by atoms with Crippen molar-refractivity contribution in [1.29, 1.82) is 0 Å². The number of carbonyl (C=O) groups excluding carboxylic acids is 1. The third-order valence-corrected chi connectivity index (χ3v) is 3.75. The number of ether oxygens (including phenoxy) is 1. The van der Waals surface area contributed by atoms with Gasteiger partial charge in [-0.2, -0.15) is 0 Å². The Labute approximate surface area is 126 Å². The van der Waals surface area contributed by atoms with E-state index in [0.717, 1.165) is 9.26 Å². The molecule has 0 saturated carbocycles. The Morgan fingerprint density at radius 3 is 3.11 bits per heavy atom. The molecule has 1 heterocycles. The number of rotatable bonds is 3. The van der Waals surface area contributed by atoms with Crippen molar-refractivity contribution in [2.24, 2.45) is 0 Å². The Kier molecular flexibility index (Phi) is 4.87. The standard InChI is InChI=1S/C13H18IN3O2/c1-2-16-13(18)12-8-19-6-5-17(12)11-4-3-9(14)7-10(11)15/h3-4,7,12H,2,5-6,8,15H2,1H3,(H,16,18). The number of nitrogens with two attached hydrogens (primary N) is 1. The van der Waals surface area contributed by atoms with E-state index in [-0.39, 0.29) is 11.9 Å². The van der Waals surface area contributed by atoms with Crippen LogP contribution in [-0.4, -0.2) is 38.3 Å². The maximum atomic E-state index is 12.1. The van der Waals surface area contributed by atoms with Gasteiger partial charge in [0.25, 0.3) is 0 Å². The average Bonchev–Trinajstić information content (AvgIpc) is 2.39. The first kappa shape index (κ1) is 14.4. The molecule has 1 amide bonds. The minimum atomic E-state index is -0.309. The van der Waals surface area contributed by atoms with E-state index in [9.17, 15) is 4.79 Å². The lowest BCUT2D eigenvalue weighted by Crippen LogP contribution is -2.54. The van der Waals surface area contributed by atoms with Crippen LogP contribution in [0, 0.1) is 3.57 Å². The smallest absolute Gasteiger partial charge is 0.245 e. The van der Waals surface area contributed by atoms with Crippen molar-refractivity contribution in [3.05, 3.63) is 21.8 Å². The van der Waals surface area contributed by atoms with Crippen LogP contribution in [0.4, 0.5) is 11.4 Å². The molecule has 0 aliphatic carbocycles. The van der Waals surface area contributed by atoms with Crippen LogP contribution in [-0.2, 0) is 9.53 Å². The second-order valence-corrected chi connectivity index (χ2v) is 5.63. The summed E-state index contributed by atoms with van der Waals surface area (Å²) in [6.07, 6.45) is 0. The summed E-state index contributed by atoms with van der Waals surface area (Å²) < 4.78 is 6.50. The highest BCUT2D eigenvalue weighted by Gasteiger charge is 2.30. The molecule has 0 radical (unpaired) electrons.